The molecule has 0 bridgehead atoms. The van der Waals surface area contributed by atoms with Gasteiger partial charge in [0.2, 0.25) is 0 Å². The average molecular weight is 673 g/mol. The summed E-state index contributed by atoms with van der Waals surface area (Å²) in [6.45, 7) is 3.43. The van der Waals surface area contributed by atoms with Gasteiger partial charge in [-0.25, -0.2) is 0 Å². The second-order valence-electron chi connectivity index (χ2n) is 10.2. The first-order valence-electron chi connectivity index (χ1n) is 14.6. The van der Waals surface area contributed by atoms with Gasteiger partial charge in [-0.15, -0.1) is 0 Å². The van der Waals surface area contributed by atoms with Gasteiger partial charge in [0.25, 0.3) is 20.2 Å². The Balaban J connectivity index is 1.46. The topological polar surface area (TPSA) is 155 Å². The maximum atomic E-state index is 13.1. The van der Waals surface area contributed by atoms with Crippen LogP contribution in [0.3, 0.4) is 0 Å². The summed E-state index contributed by atoms with van der Waals surface area (Å²) >= 11 is 0. The van der Waals surface area contributed by atoms with Gasteiger partial charge in [0.05, 0.1) is 37.5 Å². The minimum atomic E-state index is -3.78. The van der Waals surface area contributed by atoms with Crippen molar-refractivity contribution >= 4 is 43.8 Å². The lowest BCUT2D eigenvalue weighted by atomic mass is 10.1. The summed E-state index contributed by atoms with van der Waals surface area (Å²) in [5.41, 5.74) is 1.85. The molecule has 0 aromatic heterocycles. The number of ether oxygens (including phenoxy) is 2. The van der Waals surface area contributed by atoms with Gasteiger partial charge in [-0.05, 0) is 73.9 Å². The molecule has 0 unspecified atom stereocenters. The molecular weight excluding hydrogens is 636 g/mol. The van der Waals surface area contributed by atoms with Crippen molar-refractivity contribution in [2.24, 2.45) is 0 Å². The quantitative estimate of drug-likeness (QED) is 0.198. The van der Waals surface area contributed by atoms with Crippen molar-refractivity contribution in [1.29, 1.82) is 0 Å². The summed E-state index contributed by atoms with van der Waals surface area (Å²) < 4.78 is 69.3. The van der Waals surface area contributed by atoms with Gasteiger partial charge in [-0.3, -0.25) is 18.0 Å². The number of nitrogens with one attached hydrogen (secondary N) is 1. The summed E-state index contributed by atoms with van der Waals surface area (Å²) in [4.78, 5) is 27.2. The normalized spacial score (nSPS) is 16.8. The van der Waals surface area contributed by atoms with Gasteiger partial charge in [0, 0.05) is 5.69 Å². The van der Waals surface area contributed by atoms with E-state index in [0.29, 0.717) is 22.7 Å². The standard InChI is InChI=1S/C32H36N2O10S2/c1-3-41-45(37,38)20-18-24-10-14-27(15-11-24)43-29-22-34(32(36)31(35)33-26-8-6-5-7-9-26)23-30(29)44-28-16-12-25(13-17-28)19-21-46(39,40)42-4-2/h5-18,20,29-30H,3-4,19,21-23H2,1-2H3,(H,33,35)/b20-18+/t29-,30+/m1/s1. The molecule has 4 rings (SSSR count). The molecule has 1 fully saturated rings. The summed E-state index contributed by atoms with van der Waals surface area (Å²) in [5.74, 6) is -0.787. The van der Waals surface area contributed by atoms with Crippen LogP contribution >= 0.6 is 0 Å². The highest BCUT2D eigenvalue weighted by Crippen LogP contribution is 2.25. The van der Waals surface area contributed by atoms with Crippen LogP contribution in [0.25, 0.3) is 6.08 Å². The smallest absolute Gasteiger partial charge is 0.313 e. The Bertz CT molecular complexity index is 1710. The molecule has 14 heteroatoms. The van der Waals surface area contributed by atoms with Crippen LogP contribution in [0.2, 0.25) is 0 Å². The van der Waals surface area contributed by atoms with E-state index in [1.54, 1.807) is 92.7 Å². The fraction of sp³-hybridized carbons (Fsp3) is 0.312. The van der Waals surface area contributed by atoms with Crippen LogP contribution in [-0.4, -0.2) is 77.8 Å². The molecule has 0 radical (unpaired) electrons. The molecule has 3 aromatic carbocycles. The van der Waals surface area contributed by atoms with Crippen molar-refractivity contribution < 1.29 is 44.3 Å². The highest BCUT2D eigenvalue weighted by Gasteiger charge is 2.40. The molecule has 3 aromatic rings. The summed E-state index contributed by atoms with van der Waals surface area (Å²) in [6, 6.07) is 22.2. The van der Waals surface area contributed by atoms with Crippen LogP contribution in [0.1, 0.15) is 25.0 Å². The Hall–Kier alpha value is -4.24. The van der Waals surface area contributed by atoms with E-state index in [4.69, 9.17) is 17.8 Å². The maximum Gasteiger partial charge on any atom is 0.313 e. The molecule has 0 aliphatic carbocycles. The van der Waals surface area contributed by atoms with Crippen molar-refractivity contribution in [1.82, 2.24) is 4.90 Å². The van der Waals surface area contributed by atoms with Crippen LogP contribution in [0.5, 0.6) is 11.5 Å². The molecule has 0 spiro atoms. The van der Waals surface area contributed by atoms with E-state index in [0.717, 1.165) is 11.0 Å². The number of carbonyl (C=O) groups is 2. The molecule has 1 aliphatic heterocycles. The first kappa shape index (κ1) is 34.6. The predicted octanol–water partition coefficient (Wildman–Crippen LogP) is 3.61. The van der Waals surface area contributed by atoms with Crippen molar-refractivity contribution in [3.8, 4) is 11.5 Å². The molecule has 2 amide bonds. The maximum absolute atomic E-state index is 13.1. The number of hydrogen-bond donors (Lipinski definition) is 1. The zero-order chi connectivity index (χ0) is 33.2. The lowest BCUT2D eigenvalue weighted by molar-refractivity contribution is -0.142. The zero-order valence-corrected chi connectivity index (χ0v) is 27.0. The third-order valence-corrected chi connectivity index (χ3v) is 9.09. The Morgan fingerprint density at radius 1 is 0.804 bits per heavy atom. The Labute approximate surface area is 269 Å². The first-order valence-corrected chi connectivity index (χ1v) is 17.6. The number of carbonyl (C=O) groups excluding carboxylic acids is 2. The van der Waals surface area contributed by atoms with Gasteiger partial charge >= 0.3 is 11.8 Å². The number of para-hydroxylation sites is 1. The lowest BCUT2D eigenvalue weighted by Crippen LogP contribution is -2.39. The Kier molecular flexibility index (Phi) is 11.9. The average Bonchev–Trinajstić information content (AvgIpc) is 3.42. The van der Waals surface area contributed by atoms with E-state index in [1.165, 1.54) is 11.0 Å². The molecular formula is C32H36N2O10S2. The minimum Gasteiger partial charge on any atom is -0.485 e. The second kappa shape index (κ2) is 15.9. The van der Waals surface area contributed by atoms with Crippen LogP contribution in [0.15, 0.2) is 84.3 Å². The van der Waals surface area contributed by atoms with Crippen LogP contribution in [-0.2, 0) is 44.6 Å². The van der Waals surface area contributed by atoms with Gasteiger partial charge in [0.1, 0.15) is 11.5 Å². The number of likely N-dealkylation sites (tertiary alicyclic amines) is 1. The Morgan fingerprint density at radius 3 is 1.93 bits per heavy atom. The van der Waals surface area contributed by atoms with E-state index in [9.17, 15) is 26.4 Å². The number of amides is 2. The van der Waals surface area contributed by atoms with Gasteiger partial charge in [0.15, 0.2) is 12.2 Å². The van der Waals surface area contributed by atoms with Crippen molar-refractivity contribution in [3.63, 3.8) is 0 Å². The fourth-order valence-corrected chi connectivity index (χ4v) is 6.27. The molecule has 46 heavy (non-hydrogen) atoms. The first-order chi connectivity index (χ1) is 22.0. The van der Waals surface area contributed by atoms with Gasteiger partial charge in [-0.2, -0.15) is 16.8 Å². The van der Waals surface area contributed by atoms with Crippen molar-refractivity contribution in [2.45, 2.75) is 32.5 Å². The van der Waals surface area contributed by atoms with Crippen LogP contribution < -0.4 is 14.8 Å². The molecule has 246 valence electrons. The van der Waals surface area contributed by atoms with Crippen LogP contribution in [0, 0.1) is 0 Å². The molecule has 2 atom stereocenters. The van der Waals surface area contributed by atoms with E-state index in [1.807, 2.05) is 0 Å². The second-order valence-corrected chi connectivity index (χ2v) is 13.4. The Morgan fingerprint density at radius 2 is 1.37 bits per heavy atom. The molecule has 12 nitrogen and oxygen atoms in total. The number of aryl methyl sites for hydroxylation is 1. The van der Waals surface area contributed by atoms with Crippen molar-refractivity contribution in [3.05, 3.63) is 95.4 Å². The number of nitrogens with zero attached hydrogens (tertiary/aromatic N) is 1. The molecule has 1 heterocycles. The third-order valence-electron chi connectivity index (χ3n) is 6.75. The molecule has 1 aliphatic rings. The van der Waals surface area contributed by atoms with Crippen molar-refractivity contribution in [2.75, 3.05) is 37.4 Å². The fourth-order valence-electron chi connectivity index (χ4n) is 4.57. The summed E-state index contributed by atoms with van der Waals surface area (Å²) in [7, 11) is -7.39. The van der Waals surface area contributed by atoms with Gasteiger partial charge < -0.3 is 19.7 Å². The molecule has 0 saturated carbocycles. The van der Waals surface area contributed by atoms with Crippen LogP contribution in [0.4, 0.5) is 5.69 Å². The highest BCUT2D eigenvalue weighted by atomic mass is 32.2. The predicted molar refractivity (Wildman–Crippen MR) is 172 cm³/mol. The SMILES string of the molecule is CCOS(=O)(=O)/C=C/c1ccc(O[C@@H]2CN(C(=O)C(=O)Nc3ccccc3)C[C@@H]2Oc2ccc(CCS(=O)(=O)OCC)cc2)cc1. The lowest BCUT2D eigenvalue weighted by Gasteiger charge is -2.21. The zero-order valence-electron chi connectivity index (χ0n) is 25.4. The number of benzene rings is 3. The van der Waals surface area contributed by atoms with Gasteiger partial charge in [-0.1, -0.05) is 42.5 Å². The largest absolute Gasteiger partial charge is 0.485 e. The summed E-state index contributed by atoms with van der Waals surface area (Å²) in [5, 5.41) is 3.57. The number of anilines is 1. The number of hydrogen-bond acceptors (Lipinski definition) is 10. The summed E-state index contributed by atoms with van der Waals surface area (Å²) in [6.07, 6.45) is 0.342. The van der Waals surface area contributed by atoms with E-state index in [-0.39, 0.29) is 38.5 Å². The molecule has 1 N–H and O–H groups in total. The minimum absolute atomic E-state index is 0.0282. The van der Waals surface area contributed by atoms with E-state index in [2.05, 4.69) is 5.32 Å². The monoisotopic (exact) mass is 672 g/mol. The third kappa shape index (κ3) is 10.4. The van der Waals surface area contributed by atoms with E-state index >= 15 is 0 Å². The highest BCUT2D eigenvalue weighted by molar-refractivity contribution is 7.89. The number of rotatable bonds is 14. The molecule has 1 saturated heterocycles. The van der Waals surface area contributed by atoms with E-state index < -0.39 is 44.3 Å².